The SMILES string of the molecule is COCCCNC(=O)CN1C(=O)/C(=C/c2ccc(OC)cc2)Sc2ccccc21. The van der Waals surface area contributed by atoms with E-state index in [1.54, 1.807) is 14.2 Å². The Morgan fingerprint density at radius 2 is 1.90 bits per heavy atom. The lowest BCUT2D eigenvalue weighted by molar-refractivity contribution is -0.122. The number of benzene rings is 2. The number of amides is 2. The van der Waals surface area contributed by atoms with E-state index in [1.165, 1.54) is 16.7 Å². The van der Waals surface area contributed by atoms with E-state index >= 15 is 0 Å². The Hall–Kier alpha value is -2.77. The topological polar surface area (TPSA) is 67.9 Å². The van der Waals surface area contributed by atoms with E-state index in [4.69, 9.17) is 9.47 Å². The van der Waals surface area contributed by atoms with Gasteiger partial charge in [-0.1, -0.05) is 36.0 Å². The van der Waals surface area contributed by atoms with Gasteiger partial charge in [0.1, 0.15) is 12.3 Å². The summed E-state index contributed by atoms with van der Waals surface area (Å²) in [5, 5.41) is 2.84. The highest BCUT2D eigenvalue weighted by Crippen LogP contribution is 2.41. The highest BCUT2D eigenvalue weighted by molar-refractivity contribution is 8.04. The number of rotatable bonds is 8. The van der Waals surface area contributed by atoms with E-state index in [-0.39, 0.29) is 18.4 Å². The van der Waals surface area contributed by atoms with Gasteiger partial charge in [-0.25, -0.2) is 0 Å². The molecule has 7 heteroatoms. The molecule has 2 amide bonds. The Bertz CT molecular complexity index is 896. The van der Waals surface area contributed by atoms with Crippen LogP contribution in [0.5, 0.6) is 5.75 Å². The molecule has 2 aromatic rings. The summed E-state index contributed by atoms with van der Waals surface area (Å²) in [5.41, 5.74) is 1.64. The first-order valence-corrected chi connectivity index (χ1v) is 10.1. The molecule has 0 spiro atoms. The molecule has 1 heterocycles. The van der Waals surface area contributed by atoms with E-state index in [1.807, 2.05) is 54.6 Å². The largest absolute Gasteiger partial charge is 0.497 e. The molecule has 0 saturated carbocycles. The van der Waals surface area contributed by atoms with Crippen LogP contribution in [-0.4, -0.2) is 45.7 Å². The number of nitrogens with one attached hydrogen (secondary N) is 1. The molecule has 0 aromatic heterocycles. The van der Waals surface area contributed by atoms with Gasteiger partial charge in [-0.3, -0.25) is 14.5 Å². The quantitative estimate of drug-likeness (QED) is 0.532. The summed E-state index contributed by atoms with van der Waals surface area (Å²) in [4.78, 5) is 28.6. The number of fused-ring (bicyclic) bond motifs is 1. The zero-order chi connectivity index (χ0) is 20.6. The number of carbonyl (C=O) groups excluding carboxylic acids is 2. The van der Waals surface area contributed by atoms with Gasteiger partial charge >= 0.3 is 0 Å². The van der Waals surface area contributed by atoms with Crippen LogP contribution in [0.4, 0.5) is 5.69 Å². The van der Waals surface area contributed by atoms with Crippen LogP contribution in [0.15, 0.2) is 58.3 Å². The summed E-state index contributed by atoms with van der Waals surface area (Å²) in [6.07, 6.45) is 2.57. The van der Waals surface area contributed by atoms with E-state index in [9.17, 15) is 9.59 Å². The van der Waals surface area contributed by atoms with Crippen LogP contribution in [0, 0.1) is 0 Å². The number of para-hydroxylation sites is 1. The highest BCUT2D eigenvalue weighted by atomic mass is 32.2. The molecule has 0 fully saturated rings. The third-order valence-corrected chi connectivity index (χ3v) is 5.47. The third-order valence-electron chi connectivity index (χ3n) is 4.39. The average Bonchev–Trinajstić information content (AvgIpc) is 2.74. The summed E-state index contributed by atoms with van der Waals surface area (Å²) in [5.74, 6) is 0.378. The minimum absolute atomic E-state index is 0.0245. The van der Waals surface area contributed by atoms with Crippen molar-refractivity contribution in [2.75, 3.05) is 38.8 Å². The predicted molar refractivity (Wildman–Crippen MR) is 115 cm³/mol. The zero-order valence-corrected chi connectivity index (χ0v) is 17.3. The minimum Gasteiger partial charge on any atom is -0.497 e. The normalized spacial score (nSPS) is 14.6. The second kappa shape index (κ2) is 10.1. The highest BCUT2D eigenvalue weighted by Gasteiger charge is 2.30. The molecule has 0 unspecified atom stereocenters. The van der Waals surface area contributed by atoms with Gasteiger partial charge in [0.25, 0.3) is 5.91 Å². The fourth-order valence-electron chi connectivity index (χ4n) is 2.91. The number of ether oxygens (including phenoxy) is 2. The maximum atomic E-state index is 13.1. The molecular formula is C22H24N2O4S. The van der Waals surface area contributed by atoms with Crippen LogP contribution < -0.4 is 15.0 Å². The Morgan fingerprint density at radius 3 is 2.62 bits per heavy atom. The Balaban J connectivity index is 1.80. The average molecular weight is 413 g/mol. The summed E-state index contributed by atoms with van der Waals surface area (Å²) >= 11 is 1.42. The maximum Gasteiger partial charge on any atom is 0.265 e. The number of nitrogens with zero attached hydrogens (tertiary/aromatic N) is 1. The van der Waals surface area contributed by atoms with Crippen LogP contribution in [-0.2, 0) is 14.3 Å². The number of anilines is 1. The molecular weight excluding hydrogens is 388 g/mol. The van der Waals surface area contributed by atoms with Crippen LogP contribution in [0.2, 0.25) is 0 Å². The smallest absolute Gasteiger partial charge is 0.265 e. The van der Waals surface area contributed by atoms with Crippen molar-refractivity contribution in [2.24, 2.45) is 0 Å². The first-order chi connectivity index (χ1) is 14.1. The molecule has 1 N–H and O–H groups in total. The molecule has 3 rings (SSSR count). The fourth-order valence-corrected chi connectivity index (χ4v) is 3.97. The van der Waals surface area contributed by atoms with Gasteiger partial charge in [0.2, 0.25) is 5.91 Å². The monoisotopic (exact) mass is 412 g/mol. The Kier molecular flexibility index (Phi) is 7.32. The zero-order valence-electron chi connectivity index (χ0n) is 16.5. The molecule has 1 aliphatic rings. The summed E-state index contributed by atoms with van der Waals surface area (Å²) in [7, 11) is 3.24. The van der Waals surface area contributed by atoms with Crippen molar-refractivity contribution in [3.63, 3.8) is 0 Å². The first kappa shape index (κ1) is 21.0. The van der Waals surface area contributed by atoms with Crippen molar-refractivity contribution in [1.82, 2.24) is 5.32 Å². The van der Waals surface area contributed by atoms with E-state index in [0.717, 1.165) is 28.3 Å². The number of hydrogen-bond acceptors (Lipinski definition) is 5. The third kappa shape index (κ3) is 5.40. The molecule has 0 bridgehead atoms. The lowest BCUT2D eigenvalue weighted by Gasteiger charge is -2.29. The molecule has 0 aliphatic carbocycles. The fraction of sp³-hybridized carbons (Fsp3) is 0.273. The second-order valence-corrected chi connectivity index (χ2v) is 7.52. The molecule has 29 heavy (non-hydrogen) atoms. The van der Waals surface area contributed by atoms with E-state index in [0.29, 0.717) is 18.1 Å². The predicted octanol–water partition coefficient (Wildman–Crippen LogP) is 3.33. The van der Waals surface area contributed by atoms with Gasteiger partial charge < -0.3 is 14.8 Å². The van der Waals surface area contributed by atoms with Gasteiger partial charge in [0.05, 0.1) is 17.7 Å². The number of hydrogen-bond donors (Lipinski definition) is 1. The second-order valence-electron chi connectivity index (χ2n) is 6.44. The molecule has 0 atom stereocenters. The van der Waals surface area contributed by atoms with Crippen LogP contribution in [0.3, 0.4) is 0 Å². The van der Waals surface area contributed by atoms with E-state index < -0.39 is 0 Å². The molecule has 152 valence electrons. The molecule has 0 radical (unpaired) electrons. The number of carbonyl (C=O) groups is 2. The van der Waals surface area contributed by atoms with Gasteiger partial charge in [-0.15, -0.1) is 0 Å². The maximum absolute atomic E-state index is 13.1. The molecule has 1 aliphatic heterocycles. The van der Waals surface area contributed by atoms with Gasteiger partial charge in [-0.05, 0) is 42.3 Å². The van der Waals surface area contributed by atoms with Crippen LogP contribution in [0.1, 0.15) is 12.0 Å². The molecule has 0 saturated heterocycles. The van der Waals surface area contributed by atoms with Crippen molar-refractivity contribution in [1.29, 1.82) is 0 Å². The molecule has 6 nitrogen and oxygen atoms in total. The van der Waals surface area contributed by atoms with Gasteiger partial charge in [0, 0.05) is 25.2 Å². The summed E-state index contributed by atoms with van der Waals surface area (Å²) in [6.45, 7) is 1.07. The Labute approximate surface area is 174 Å². The van der Waals surface area contributed by atoms with Crippen molar-refractivity contribution < 1.29 is 19.1 Å². The van der Waals surface area contributed by atoms with Crippen molar-refractivity contribution in [3.05, 3.63) is 59.0 Å². The summed E-state index contributed by atoms with van der Waals surface area (Å²) < 4.78 is 10.2. The number of methoxy groups -OCH3 is 2. The molecule has 2 aromatic carbocycles. The first-order valence-electron chi connectivity index (χ1n) is 9.32. The minimum atomic E-state index is -0.194. The van der Waals surface area contributed by atoms with Crippen LogP contribution >= 0.6 is 11.8 Å². The van der Waals surface area contributed by atoms with Crippen LogP contribution in [0.25, 0.3) is 6.08 Å². The lowest BCUT2D eigenvalue weighted by Crippen LogP contribution is -2.43. The Morgan fingerprint density at radius 1 is 1.14 bits per heavy atom. The van der Waals surface area contributed by atoms with Gasteiger partial charge in [-0.2, -0.15) is 0 Å². The van der Waals surface area contributed by atoms with Crippen molar-refractivity contribution in [3.8, 4) is 5.75 Å². The van der Waals surface area contributed by atoms with Crippen molar-refractivity contribution in [2.45, 2.75) is 11.3 Å². The number of thioether (sulfide) groups is 1. The van der Waals surface area contributed by atoms with Crippen molar-refractivity contribution >= 4 is 35.3 Å². The standard InChI is InChI=1S/C22H24N2O4S/c1-27-13-5-12-23-21(25)15-24-18-6-3-4-7-19(18)29-20(22(24)26)14-16-8-10-17(28-2)11-9-16/h3-4,6-11,14H,5,12-13,15H2,1-2H3,(H,23,25)/b20-14-. The van der Waals surface area contributed by atoms with E-state index in [2.05, 4.69) is 5.32 Å². The summed E-state index contributed by atoms with van der Waals surface area (Å²) in [6, 6.07) is 15.1. The lowest BCUT2D eigenvalue weighted by atomic mass is 10.2. The van der Waals surface area contributed by atoms with Gasteiger partial charge in [0.15, 0.2) is 0 Å².